The third-order valence-electron chi connectivity index (χ3n) is 4.83. The number of hydrogen-bond donors (Lipinski definition) is 1. The molecule has 0 radical (unpaired) electrons. The summed E-state index contributed by atoms with van der Waals surface area (Å²) in [4.78, 5) is 28.6. The number of likely N-dealkylation sites (tertiary alicyclic amines) is 1. The number of nitrogens with one attached hydrogen (secondary N) is 1. The highest BCUT2D eigenvalue weighted by Gasteiger charge is 2.25. The SMILES string of the molecule is CN(C)c1ccc(C(=O)NC2CCN(C(=O)c3cccc(F)c3)CC2)cc1. The summed E-state index contributed by atoms with van der Waals surface area (Å²) in [5.41, 5.74) is 2.02. The molecule has 0 bridgehead atoms. The number of benzene rings is 2. The van der Waals surface area contributed by atoms with Gasteiger partial charge in [0.25, 0.3) is 11.8 Å². The number of carbonyl (C=O) groups is 2. The van der Waals surface area contributed by atoms with Gasteiger partial charge in [0, 0.05) is 50.0 Å². The maximum absolute atomic E-state index is 13.3. The van der Waals surface area contributed by atoms with Crippen molar-refractivity contribution in [3.05, 3.63) is 65.5 Å². The molecule has 0 saturated carbocycles. The number of amides is 2. The maximum atomic E-state index is 13.3. The van der Waals surface area contributed by atoms with Crippen LogP contribution in [0.3, 0.4) is 0 Å². The fourth-order valence-electron chi connectivity index (χ4n) is 3.21. The molecule has 1 fully saturated rings. The number of hydrogen-bond acceptors (Lipinski definition) is 3. The molecule has 0 atom stereocenters. The number of piperidine rings is 1. The average Bonchev–Trinajstić information content (AvgIpc) is 2.68. The molecule has 2 aromatic carbocycles. The Morgan fingerprint density at radius 3 is 2.30 bits per heavy atom. The van der Waals surface area contributed by atoms with Crippen molar-refractivity contribution in [2.24, 2.45) is 0 Å². The summed E-state index contributed by atoms with van der Waals surface area (Å²) in [6, 6.07) is 13.2. The van der Waals surface area contributed by atoms with Crippen molar-refractivity contribution in [3.63, 3.8) is 0 Å². The molecule has 142 valence electrons. The first-order valence-electron chi connectivity index (χ1n) is 9.07. The highest BCUT2D eigenvalue weighted by atomic mass is 19.1. The molecular formula is C21H24FN3O2. The lowest BCUT2D eigenvalue weighted by atomic mass is 10.0. The Labute approximate surface area is 158 Å². The Bertz CT molecular complexity index is 812. The molecule has 1 saturated heterocycles. The molecule has 2 amide bonds. The van der Waals surface area contributed by atoms with Crippen LogP contribution in [0, 0.1) is 5.82 Å². The van der Waals surface area contributed by atoms with Crippen molar-refractivity contribution in [2.45, 2.75) is 18.9 Å². The second-order valence-electron chi connectivity index (χ2n) is 6.99. The van der Waals surface area contributed by atoms with Gasteiger partial charge in [-0.1, -0.05) is 6.07 Å². The average molecular weight is 369 g/mol. The van der Waals surface area contributed by atoms with E-state index < -0.39 is 5.82 Å². The largest absolute Gasteiger partial charge is 0.378 e. The quantitative estimate of drug-likeness (QED) is 0.902. The Balaban J connectivity index is 1.53. The van der Waals surface area contributed by atoms with E-state index in [1.807, 2.05) is 43.3 Å². The van der Waals surface area contributed by atoms with E-state index in [2.05, 4.69) is 5.32 Å². The van der Waals surface area contributed by atoms with Crippen LogP contribution in [0.25, 0.3) is 0 Å². The Hall–Kier alpha value is -2.89. The van der Waals surface area contributed by atoms with E-state index in [1.165, 1.54) is 18.2 Å². The second-order valence-corrected chi connectivity index (χ2v) is 6.99. The summed E-state index contributed by atoms with van der Waals surface area (Å²) >= 11 is 0. The minimum absolute atomic E-state index is 0.0302. The van der Waals surface area contributed by atoms with E-state index in [1.54, 1.807) is 11.0 Å². The molecule has 1 N–H and O–H groups in total. The highest BCUT2D eigenvalue weighted by molar-refractivity contribution is 5.95. The first-order valence-corrected chi connectivity index (χ1v) is 9.07. The van der Waals surface area contributed by atoms with Crippen LogP contribution >= 0.6 is 0 Å². The van der Waals surface area contributed by atoms with Crippen LogP contribution in [0.15, 0.2) is 48.5 Å². The van der Waals surface area contributed by atoms with E-state index in [0.717, 1.165) is 5.69 Å². The van der Waals surface area contributed by atoms with Gasteiger partial charge in [-0.05, 0) is 55.3 Å². The molecule has 2 aromatic rings. The van der Waals surface area contributed by atoms with E-state index in [0.29, 0.717) is 37.1 Å². The number of carbonyl (C=O) groups excluding carboxylic acids is 2. The zero-order chi connectivity index (χ0) is 19.4. The van der Waals surface area contributed by atoms with Gasteiger partial charge in [0.05, 0.1) is 0 Å². The number of rotatable bonds is 4. The molecule has 5 nitrogen and oxygen atoms in total. The summed E-state index contributed by atoms with van der Waals surface area (Å²) in [6.45, 7) is 1.08. The molecule has 1 heterocycles. The summed E-state index contributed by atoms with van der Waals surface area (Å²) in [7, 11) is 3.90. The zero-order valence-electron chi connectivity index (χ0n) is 15.6. The lowest BCUT2D eigenvalue weighted by molar-refractivity contribution is 0.0697. The van der Waals surface area contributed by atoms with Crippen molar-refractivity contribution >= 4 is 17.5 Å². The Kier molecular flexibility index (Phi) is 5.74. The summed E-state index contributed by atoms with van der Waals surface area (Å²) in [5, 5.41) is 3.04. The Morgan fingerprint density at radius 2 is 1.70 bits per heavy atom. The fourth-order valence-corrected chi connectivity index (χ4v) is 3.21. The van der Waals surface area contributed by atoms with Gasteiger partial charge in [0.15, 0.2) is 0 Å². The van der Waals surface area contributed by atoms with Gasteiger partial charge >= 0.3 is 0 Å². The molecule has 3 rings (SSSR count). The van der Waals surface area contributed by atoms with E-state index in [-0.39, 0.29) is 17.9 Å². The lowest BCUT2D eigenvalue weighted by Crippen LogP contribution is -2.46. The van der Waals surface area contributed by atoms with Crippen LogP contribution in [-0.4, -0.2) is 49.9 Å². The van der Waals surface area contributed by atoms with Crippen molar-refractivity contribution in [3.8, 4) is 0 Å². The predicted octanol–water partition coefficient (Wildman–Crippen LogP) is 2.93. The third kappa shape index (κ3) is 4.64. The van der Waals surface area contributed by atoms with E-state index in [4.69, 9.17) is 0 Å². The summed E-state index contributed by atoms with van der Waals surface area (Å²) in [6.07, 6.45) is 1.37. The van der Waals surface area contributed by atoms with Crippen LogP contribution in [-0.2, 0) is 0 Å². The molecule has 0 unspecified atom stereocenters. The maximum Gasteiger partial charge on any atom is 0.253 e. The lowest BCUT2D eigenvalue weighted by Gasteiger charge is -2.32. The molecular weight excluding hydrogens is 345 g/mol. The summed E-state index contributed by atoms with van der Waals surface area (Å²) in [5.74, 6) is -0.683. The minimum atomic E-state index is -0.414. The monoisotopic (exact) mass is 369 g/mol. The number of halogens is 1. The summed E-state index contributed by atoms with van der Waals surface area (Å²) < 4.78 is 13.3. The van der Waals surface area contributed by atoms with Crippen molar-refractivity contribution in [1.82, 2.24) is 10.2 Å². The van der Waals surface area contributed by atoms with Crippen molar-refractivity contribution in [1.29, 1.82) is 0 Å². The normalized spacial score (nSPS) is 14.7. The van der Waals surface area contributed by atoms with Gasteiger partial charge in [0.2, 0.25) is 0 Å². The smallest absolute Gasteiger partial charge is 0.253 e. The fraction of sp³-hybridized carbons (Fsp3) is 0.333. The van der Waals surface area contributed by atoms with Gasteiger partial charge in [0.1, 0.15) is 5.82 Å². The van der Waals surface area contributed by atoms with Crippen molar-refractivity contribution in [2.75, 3.05) is 32.1 Å². The van der Waals surface area contributed by atoms with Gasteiger partial charge in [-0.25, -0.2) is 4.39 Å². The third-order valence-corrected chi connectivity index (χ3v) is 4.83. The van der Waals surface area contributed by atoms with Crippen LogP contribution < -0.4 is 10.2 Å². The molecule has 1 aliphatic heterocycles. The molecule has 0 aliphatic carbocycles. The molecule has 0 aromatic heterocycles. The zero-order valence-corrected chi connectivity index (χ0v) is 15.6. The minimum Gasteiger partial charge on any atom is -0.378 e. The first kappa shape index (κ1) is 18.9. The standard InChI is InChI=1S/C21H24FN3O2/c1-24(2)19-8-6-15(7-9-19)20(26)23-18-10-12-25(13-11-18)21(27)16-4-3-5-17(22)14-16/h3-9,14,18H,10-13H2,1-2H3,(H,23,26). The molecule has 1 aliphatic rings. The van der Waals surface area contributed by atoms with Crippen LogP contribution in [0.1, 0.15) is 33.6 Å². The molecule has 0 spiro atoms. The molecule has 6 heteroatoms. The number of anilines is 1. The van der Waals surface area contributed by atoms with Crippen LogP contribution in [0.2, 0.25) is 0 Å². The van der Waals surface area contributed by atoms with E-state index >= 15 is 0 Å². The van der Waals surface area contributed by atoms with Gasteiger partial charge in [-0.3, -0.25) is 9.59 Å². The van der Waals surface area contributed by atoms with Crippen molar-refractivity contribution < 1.29 is 14.0 Å². The van der Waals surface area contributed by atoms with Gasteiger partial charge in [-0.15, -0.1) is 0 Å². The van der Waals surface area contributed by atoms with Crippen LogP contribution in [0.4, 0.5) is 10.1 Å². The van der Waals surface area contributed by atoms with Crippen LogP contribution in [0.5, 0.6) is 0 Å². The highest BCUT2D eigenvalue weighted by Crippen LogP contribution is 2.16. The Morgan fingerprint density at radius 1 is 1.04 bits per heavy atom. The molecule has 27 heavy (non-hydrogen) atoms. The second kappa shape index (κ2) is 8.20. The predicted molar refractivity (Wildman–Crippen MR) is 104 cm³/mol. The van der Waals surface area contributed by atoms with E-state index in [9.17, 15) is 14.0 Å². The topological polar surface area (TPSA) is 52.7 Å². The van der Waals surface area contributed by atoms with Gasteiger partial charge in [-0.2, -0.15) is 0 Å². The first-order chi connectivity index (χ1) is 12.9. The number of nitrogens with zero attached hydrogens (tertiary/aromatic N) is 2. The van der Waals surface area contributed by atoms with Gasteiger partial charge < -0.3 is 15.1 Å².